The van der Waals surface area contributed by atoms with Crippen LogP contribution in [0.15, 0.2) is 12.3 Å². The Morgan fingerprint density at radius 3 is 3.05 bits per heavy atom. The van der Waals surface area contributed by atoms with Crippen molar-refractivity contribution in [1.29, 1.82) is 0 Å². The first-order chi connectivity index (χ1) is 9.16. The molecule has 1 aliphatic rings. The molecule has 0 aliphatic carbocycles. The Morgan fingerprint density at radius 2 is 2.42 bits per heavy atom. The van der Waals surface area contributed by atoms with E-state index in [1.165, 1.54) is 25.1 Å². The molecule has 1 aromatic rings. The summed E-state index contributed by atoms with van der Waals surface area (Å²) >= 11 is 0. The second-order valence-corrected chi connectivity index (χ2v) is 4.79. The number of hydrogen-bond acceptors (Lipinski definition) is 4. The van der Waals surface area contributed by atoms with E-state index in [-0.39, 0.29) is 17.3 Å². The summed E-state index contributed by atoms with van der Waals surface area (Å²) in [5.74, 6) is 0.309. The number of H-pyrrole nitrogens is 1. The maximum absolute atomic E-state index is 11.7. The van der Waals surface area contributed by atoms with Gasteiger partial charge in [0.2, 0.25) is 0 Å². The van der Waals surface area contributed by atoms with E-state index in [0.29, 0.717) is 12.5 Å². The molecule has 2 rings (SSSR count). The Labute approximate surface area is 110 Å². The molecule has 1 aromatic heterocycles. The molecule has 0 spiro atoms. The number of amides is 1. The van der Waals surface area contributed by atoms with E-state index < -0.39 is 4.92 Å². The summed E-state index contributed by atoms with van der Waals surface area (Å²) in [6.45, 7) is 2.68. The van der Waals surface area contributed by atoms with E-state index in [1.54, 1.807) is 0 Å². The lowest BCUT2D eigenvalue weighted by molar-refractivity contribution is -0.384. The molecule has 19 heavy (non-hydrogen) atoms. The Balaban J connectivity index is 1.75. The van der Waals surface area contributed by atoms with Crippen molar-refractivity contribution in [2.75, 3.05) is 19.6 Å². The molecule has 0 radical (unpaired) electrons. The van der Waals surface area contributed by atoms with E-state index in [1.807, 2.05) is 0 Å². The average Bonchev–Trinajstić information content (AvgIpc) is 2.89. The van der Waals surface area contributed by atoms with Crippen LogP contribution < -0.4 is 10.6 Å². The predicted molar refractivity (Wildman–Crippen MR) is 70.0 cm³/mol. The third-order valence-electron chi connectivity index (χ3n) is 3.36. The third-order valence-corrected chi connectivity index (χ3v) is 3.36. The molecule has 1 aliphatic heterocycles. The molecule has 104 valence electrons. The van der Waals surface area contributed by atoms with Crippen LogP contribution in [0.5, 0.6) is 0 Å². The third kappa shape index (κ3) is 3.78. The molecule has 0 saturated carbocycles. The van der Waals surface area contributed by atoms with Crippen molar-refractivity contribution >= 4 is 11.6 Å². The van der Waals surface area contributed by atoms with Gasteiger partial charge in [-0.1, -0.05) is 0 Å². The van der Waals surface area contributed by atoms with Crippen LogP contribution in [0.3, 0.4) is 0 Å². The minimum absolute atomic E-state index is 0.0957. The highest BCUT2D eigenvalue weighted by Gasteiger charge is 2.16. The number of piperidine rings is 1. The lowest BCUT2D eigenvalue weighted by atomic mass is 9.96. The number of hydrogen-bond donors (Lipinski definition) is 3. The van der Waals surface area contributed by atoms with E-state index in [9.17, 15) is 14.9 Å². The van der Waals surface area contributed by atoms with Crippen molar-refractivity contribution in [3.05, 3.63) is 28.1 Å². The zero-order valence-electron chi connectivity index (χ0n) is 10.6. The highest BCUT2D eigenvalue weighted by molar-refractivity contribution is 5.93. The van der Waals surface area contributed by atoms with E-state index in [4.69, 9.17) is 0 Å². The van der Waals surface area contributed by atoms with Crippen LogP contribution >= 0.6 is 0 Å². The van der Waals surface area contributed by atoms with Crippen molar-refractivity contribution in [2.45, 2.75) is 19.3 Å². The SMILES string of the molecule is O=C(NCCC1CCCNC1)c1cc([N+](=O)[O-])c[nH]1. The summed E-state index contributed by atoms with van der Waals surface area (Å²) in [6, 6.07) is 1.25. The Morgan fingerprint density at radius 1 is 1.58 bits per heavy atom. The van der Waals surface area contributed by atoms with Crippen LogP contribution in [0.25, 0.3) is 0 Å². The standard InChI is InChI=1S/C12H18N4O3/c17-12(11-6-10(8-15-11)16(18)19)14-5-3-9-2-1-4-13-7-9/h6,8-9,13,15H,1-5,7H2,(H,14,17). The fourth-order valence-electron chi connectivity index (χ4n) is 2.27. The van der Waals surface area contributed by atoms with Crippen molar-refractivity contribution in [3.8, 4) is 0 Å². The van der Waals surface area contributed by atoms with Gasteiger partial charge in [-0.3, -0.25) is 14.9 Å². The number of aromatic amines is 1. The van der Waals surface area contributed by atoms with Gasteiger partial charge in [0, 0.05) is 12.6 Å². The number of carbonyl (C=O) groups is 1. The largest absolute Gasteiger partial charge is 0.351 e. The van der Waals surface area contributed by atoms with Crippen LogP contribution in [0.4, 0.5) is 5.69 Å². The molecular formula is C12H18N4O3. The number of nitrogens with zero attached hydrogens (tertiary/aromatic N) is 1. The quantitative estimate of drug-likeness (QED) is 0.547. The summed E-state index contributed by atoms with van der Waals surface area (Å²) in [5, 5.41) is 16.6. The molecule has 2 heterocycles. The number of nitro groups is 1. The first-order valence-corrected chi connectivity index (χ1v) is 6.48. The summed E-state index contributed by atoms with van der Waals surface area (Å²) in [6.07, 6.45) is 4.53. The van der Waals surface area contributed by atoms with Crippen LogP contribution in [-0.2, 0) is 0 Å². The lowest BCUT2D eigenvalue weighted by Gasteiger charge is -2.22. The van der Waals surface area contributed by atoms with Gasteiger partial charge in [-0.05, 0) is 38.3 Å². The minimum atomic E-state index is -0.527. The van der Waals surface area contributed by atoms with Gasteiger partial charge in [-0.25, -0.2) is 0 Å². The smallest absolute Gasteiger partial charge is 0.287 e. The van der Waals surface area contributed by atoms with Crippen molar-refractivity contribution in [2.24, 2.45) is 5.92 Å². The second-order valence-electron chi connectivity index (χ2n) is 4.79. The maximum atomic E-state index is 11.7. The molecule has 1 atom stereocenters. The highest BCUT2D eigenvalue weighted by Crippen LogP contribution is 2.14. The van der Waals surface area contributed by atoms with Crippen LogP contribution in [0.1, 0.15) is 29.8 Å². The predicted octanol–water partition coefficient (Wildman–Crippen LogP) is 1.04. The van der Waals surface area contributed by atoms with Gasteiger partial charge in [0.15, 0.2) is 0 Å². The summed E-state index contributed by atoms with van der Waals surface area (Å²) in [4.78, 5) is 24.3. The van der Waals surface area contributed by atoms with Crippen molar-refractivity contribution in [1.82, 2.24) is 15.6 Å². The molecule has 1 amide bonds. The molecule has 1 unspecified atom stereocenters. The molecular weight excluding hydrogens is 248 g/mol. The molecule has 0 aromatic carbocycles. The van der Waals surface area contributed by atoms with Crippen LogP contribution in [0.2, 0.25) is 0 Å². The molecule has 3 N–H and O–H groups in total. The van der Waals surface area contributed by atoms with Gasteiger partial charge in [-0.15, -0.1) is 0 Å². The van der Waals surface area contributed by atoms with E-state index in [2.05, 4.69) is 15.6 Å². The molecule has 1 fully saturated rings. The number of rotatable bonds is 5. The fraction of sp³-hybridized carbons (Fsp3) is 0.583. The van der Waals surface area contributed by atoms with Crippen LogP contribution in [-0.4, -0.2) is 35.4 Å². The second kappa shape index (κ2) is 6.33. The first-order valence-electron chi connectivity index (χ1n) is 6.48. The minimum Gasteiger partial charge on any atom is -0.351 e. The highest BCUT2D eigenvalue weighted by atomic mass is 16.6. The fourth-order valence-corrected chi connectivity index (χ4v) is 2.27. The van der Waals surface area contributed by atoms with Gasteiger partial charge in [0.1, 0.15) is 5.69 Å². The van der Waals surface area contributed by atoms with Crippen molar-refractivity contribution < 1.29 is 9.72 Å². The number of carbonyl (C=O) groups excluding carboxylic acids is 1. The number of nitrogens with one attached hydrogen (secondary N) is 3. The zero-order valence-corrected chi connectivity index (χ0v) is 10.6. The Bertz CT molecular complexity index is 452. The van der Waals surface area contributed by atoms with E-state index in [0.717, 1.165) is 19.5 Å². The number of aromatic nitrogens is 1. The summed E-state index contributed by atoms with van der Waals surface area (Å²) < 4.78 is 0. The van der Waals surface area contributed by atoms with Gasteiger partial charge in [-0.2, -0.15) is 0 Å². The topological polar surface area (TPSA) is 100 Å². The summed E-state index contributed by atoms with van der Waals surface area (Å²) in [7, 11) is 0. The monoisotopic (exact) mass is 266 g/mol. The van der Waals surface area contributed by atoms with Gasteiger partial charge < -0.3 is 15.6 Å². The van der Waals surface area contributed by atoms with E-state index >= 15 is 0 Å². The zero-order chi connectivity index (χ0) is 13.7. The summed E-state index contributed by atoms with van der Waals surface area (Å²) in [5.41, 5.74) is 0.134. The van der Waals surface area contributed by atoms with Gasteiger partial charge in [0.05, 0.1) is 11.1 Å². The Kier molecular flexibility index (Phi) is 4.51. The normalized spacial score (nSPS) is 19.1. The molecule has 7 nitrogen and oxygen atoms in total. The van der Waals surface area contributed by atoms with Crippen LogP contribution in [0, 0.1) is 16.0 Å². The van der Waals surface area contributed by atoms with Gasteiger partial charge >= 0.3 is 0 Å². The average molecular weight is 266 g/mol. The molecule has 1 saturated heterocycles. The lowest BCUT2D eigenvalue weighted by Crippen LogP contribution is -2.33. The Hall–Kier alpha value is -1.89. The molecule has 7 heteroatoms. The first kappa shape index (κ1) is 13.5. The van der Waals surface area contributed by atoms with Gasteiger partial charge in [0.25, 0.3) is 11.6 Å². The molecule has 0 bridgehead atoms. The van der Waals surface area contributed by atoms with Crippen molar-refractivity contribution in [3.63, 3.8) is 0 Å². The maximum Gasteiger partial charge on any atom is 0.287 e.